The molecule has 224 valence electrons. The highest BCUT2D eigenvalue weighted by Crippen LogP contribution is 2.43. The van der Waals surface area contributed by atoms with Crippen LogP contribution < -0.4 is 5.32 Å². The molecule has 1 fully saturated rings. The molecular formula is C34H32Cl3NO4S. The summed E-state index contributed by atoms with van der Waals surface area (Å²) in [5, 5.41) is 12.2. The number of carbonyl (C=O) groups excluding carboxylic acids is 1. The van der Waals surface area contributed by atoms with E-state index in [1.165, 1.54) is 4.90 Å². The summed E-state index contributed by atoms with van der Waals surface area (Å²) in [6.45, 7) is 2.38. The summed E-state index contributed by atoms with van der Waals surface area (Å²) >= 11 is 18.9. The lowest BCUT2D eigenvalue weighted by Gasteiger charge is -2.41. The third-order valence-electron chi connectivity index (χ3n) is 7.49. The van der Waals surface area contributed by atoms with Crippen molar-refractivity contribution in [3.63, 3.8) is 0 Å². The number of hydrogen-bond acceptors (Lipinski definition) is 5. The molecule has 1 aliphatic rings. The monoisotopic (exact) mass is 655 g/mol. The van der Waals surface area contributed by atoms with Crippen molar-refractivity contribution in [2.75, 3.05) is 5.75 Å². The number of aliphatic hydroxyl groups excluding tert-OH is 1. The fourth-order valence-electron chi connectivity index (χ4n) is 5.06. The van der Waals surface area contributed by atoms with Crippen LogP contribution in [-0.2, 0) is 27.4 Å². The highest BCUT2D eigenvalue weighted by Gasteiger charge is 2.38. The Labute approximate surface area is 271 Å². The highest BCUT2D eigenvalue weighted by atomic mass is 35.6. The summed E-state index contributed by atoms with van der Waals surface area (Å²) in [5.74, 6) is 0.201. The van der Waals surface area contributed by atoms with Crippen LogP contribution in [0.25, 0.3) is 11.1 Å². The van der Waals surface area contributed by atoms with Crippen LogP contribution in [0.3, 0.4) is 0 Å². The van der Waals surface area contributed by atoms with E-state index in [9.17, 15) is 9.90 Å². The lowest BCUT2D eigenvalue weighted by molar-refractivity contribution is -0.268. The first-order chi connectivity index (χ1) is 20.7. The molecule has 4 aromatic carbocycles. The molecular weight excluding hydrogens is 625 g/mol. The number of thioether (sulfide) groups is 1. The van der Waals surface area contributed by atoms with Gasteiger partial charge in [0.25, 0.3) is 9.70 Å². The van der Waals surface area contributed by atoms with Gasteiger partial charge in [-0.15, -0.1) is 11.8 Å². The molecule has 5 rings (SSSR count). The number of hydrogen-bond donors (Lipinski definition) is 2. The molecule has 0 spiro atoms. The van der Waals surface area contributed by atoms with Crippen molar-refractivity contribution < 1.29 is 19.4 Å². The zero-order valence-electron chi connectivity index (χ0n) is 23.5. The smallest absolute Gasteiger partial charge is 0.272 e. The summed E-state index contributed by atoms with van der Waals surface area (Å²) in [6.07, 6.45) is -0.809. The third-order valence-corrected chi connectivity index (χ3v) is 9.10. The van der Waals surface area contributed by atoms with E-state index in [2.05, 4.69) is 24.4 Å². The second-order valence-corrected chi connectivity index (χ2v) is 13.8. The minimum absolute atomic E-state index is 0.00180. The Hall–Kier alpha value is -2.55. The zero-order valence-corrected chi connectivity index (χ0v) is 26.5. The SMILES string of the molecule is C[C@@H]1[C@H](CSc2ccccc2)O[C@H](c2ccc(-c3ccccc3CNC(=O)C(Cl)(Cl)Cl)cc2)O[C@@H]1c1ccc(CO)cc1. The zero-order chi connectivity index (χ0) is 30.4. The van der Waals surface area contributed by atoms with E-state index in [1.807, 2.05) is 91.0 Å². The highest BCUT2D eigenvalue weighted by molar-refractivity contribution is 7.99. The molecule has 0 unspecified atom stereocenters. The number of amides is 1. The minimum Gasteiger partial charge on any atom is -0.392 e. The van der Waals surface area contributed by atoms with Crippen molar-refractivity contribution in [3.8, 4) is 11.1 Å². The maximum atomic E-state index is 12.1. The first-order valence-electron chi connectivity index (χ1n) is 13.9. The van der Waals surface area contributed by atoms with Crippen LogP contribution in [0.5, 0.6) is 0 Å². The average molecular weight is 657 g/mol. The van der Waals surface area contributed by atoms with E-state index in [4.69, 9.17) is 44.3 Å². The number of carbonyl (C=O) groups is 1. The van der Waals surface area contributed by atoms with Crippen molar-refractivity contribution in [2.24, 2.45) is 5.92 Å². The van der Waals surface area contributed by atoms with Crippen molar-refractivity contribution in [1.82, 2.24) is 5.32 Å². The van der Waals surface area contributed by atoms with E-state index in [0.29, 0.717) is 0 Å². The van der Waals surface area contributed by atoms with Crippen LogP contribution in [0.15, 0.2) is 108 Å². The lowest BCUT2D eigenvalue weighted by atomic mass is 9.91. The third kappa shape index (κ3) is 8.14. The summed E-state index contributed by atoms with van der Waals surface area (Å²) in [4.78, 5) is 13.3. The van der Waals surface area contributed by atoms with Gasteiger partial charge in [0.15, 0.2) is 6.29 Å². The van der Waals surface area contributed by atoms with Crippen LogP contribution >= 0.6 is 46.6 Å². The van der Waals surface area contributed by atoms with Crippen molar-refractivity contribution in [3.05, 3.63) is 125 Å². The Morgan fingerprint density at radius 1 is 0.860 bits per heavy atom. The van der Waals surface area contributed by atoms with Crippen LogP contribution in [0, 0.1) is 5.92 Å². The second kappa shape index (κ2) is 14.5. The van der Waals surface area contributed by atoms with Gasteiger partial charge in [0.05, 0.1) is 18.8 Å². The standard InChI is InChI=1S/C34H32Cl3NO4S/c1-22-30(21-43-28-8-3-2-4-9-28)41-32(42-31(22)25-13-11-23(20-39)12-14-25)26-17-15-24(16-18-26)29-10-6-5-7-27(29)19-38-33(40)34(35,36)37/h2-18,22,30-32,39H,19-21H2,1H3,(H,38,40)/t22-,30+,31+,32+/m1/s1. The summed E-state index contributed by atoms with van der Waals surface area (Å²) in [6, 6.07) is 34.1. The first kappa shape index (κ1) is 31.9. The predicted molar refractivity (Wildman–Crippen MR) is 174 cm³/mol. The van der Waals surface area contributed by atoms with Gasteiger partial charge in [-0.3, -0.25) is 4.79 Å². The second-order valence-electron chi connectivity index (χ2n) is 10.4. The molecule has 0 aliphatic carbocycles. The summed E-state index contributed by atoms with van der Waals surface area (Å²) in [7, 11) is 0. The molecule has 0 aromatic heterocycles. The van der Waals surface area contributed by atoms with Gasteiger partial charge in [0.2, 0.25) is 0 Å². The van der Waals surface area contributed by atoms with Crippen molar-refractivity contribution >= 4 is 52.5 Å². The first-order valence-corrected chi connectivity index (χ1v) is 16.1. The Balaban J connectivity index is 1.37. The molecule has 9 heteroatoms. The molecule has 1 saturated heterocycles. The van der Waals surface area contributed by atoms with Gasteiger partial charge < -0.3 is 19.9 Å². The Morgan fingerprint density at radius 2 is 1.51 bits per heavy atom. The van der Waals surface area contributed by atoms with Gasteiger partial charge in [0.1, 0.15) is 0 Å². The minimum atomic E-state index is -2.02. The lowest BCUT2D eigenvalue weighted by Crippen LogP contribution is -2.38. The largest absolute Gasteiger partial charge is 0.392 e. The number of benzene rings is 4. The quantitative estimate of drug-likeness (QED) is 0.140. The number of aliphatic hydroxyl groups is 1. The fourth-order valence-corrected chi connectivity index (χ4v) is 6.35. The van der Waals surface area contributed by atoms with E-state index in [-0.39, 0.29) is 31.3 Å². The van der Waals surface area contributed by atoms with Crippen LogP contribution in [0.2, 0.25) is 0 Å². The normalized spacial score (nSPS) is 20.5. The number of nitrogens with one attached hydrogen (secondary N) is 1. The maximum Gasteiger partial charge on any atom is 0.272 e. The Bertz CT molecular complexity index is 1500. The van der Waals surface area contributed by atoms with Gasteiger partial charge in [-0.2, -0.15) is 0 Å². The Kier molecular flexibility index (Phi) is 10.7. The van der Waals surface area contributed by atoms with E-state index >= 15 is 0 Å². The molecule has 5 nitrogen and oxygen atoms in total. The summed E-state index contributed by atoms with van der Waals surface area (Å²) in [5.41, 5.74) is 5.63. The van der Waals surface area contributed by atoms with E-state index in [0.717, 1.165) is 39.1 Å². The Morgan fingerprint density at radius 3 is 2.19 bits per heavy atom. The maximum absolute atomic E-state index is 12.1. The molecule has 43 heavy (non-hydrogen) atoms. The van der Waals surface area contributed by atoms with Gasteiger partial charge >= 0.3 is 0 Å². The molecule has 4 aromatic rings. The van der Waals surface area contributed by atoms with E-state index < -0.39 is 16.0 Å². The average Bonchev–Trinajstić information content (AvgIpc) is 3.03. The van der Waals surface area contributed by atoms with Gasteiger partial charge in [-0.1, -0.05) is 133 Å². The fraction of sp³-hybridized carbons (Fsp3) is 0.265. The van der Waals surface area contributed by atoms with Crippen molar-refractivity contribution in [1.29, 1.82) is 0 Å². The molecule has 4 atom stereocenters. The molecule has 1 amide bonds. The number of halogens is 3. The van der Waals surface area contributed by atoms with Crippen LogP contribution in [-0.4, -0.2) is 26.7 Å². The molecule has 1 heterocycles. The molecule has 0 radical (unpaired) electrons. The summed E-state index contributed by atoms with van der Waals surface area (Å²) < 4.78 is 11.2. The molecule has 1 aliphatic heterocycles. The predicted octanol–water partition coefficient (Wildman–Crippen LogP) is 8.42. The van der Waals surface area contributed by atoms with Gasteiger partial charge in [-0.05, 0) is 39.9 Å². The molecule has 0 bridgehead atoms. The molecule has 0 saturated carbocycles. The number of ether oxygens (including phenoxy) is 2. The van der Waals surface area contributed by atoms with E-state index in [1.54, 1.807) is 11.8 Å². The van der Waals surface area contributed by atoms with Crippen LogP contribution in [0.4, 0.5) is 0 Å². The number of alkyl halides is 3. The van der Waals surface area contributed by atoms with Crippen LogP contribution in [0.1, 0.15) is 41.6 Å². The topological polar surface area (TPSA) is 67.8 Å². The van der Waals surface area contributed by atoms with Gasteiger partial charge in [-0.25, -0.2) is 0 Å². The van der Waals surface area contributed by atoms with Crippen molar-refractivity contribution in [2.45, 2.75) is 47.3 Å². The number of rotatable bonds is 9. The van der Waals surface area contributed by atoms with Gasteiger partial charge in [0, 0.05) is 28.7 Å². The molecule has 2 N–H and O–H groups in total.